The number of nitrogens with zero attached hydrogens (tertiary/aromatic N) is 3. The zero-order valence-corrected chi connectivity index (χ0v) is 13.2. The number of aryl methyl sites for hydroxylation is 1. The monoisotopic (exact) mass is 306 g/mol. The molecule has 1 fully saturated rings. The third kappa shape index (κ3) is 3.72. The van der Waals surface area contributed by atoms with Gasteiger partial charge in [-0.05, 0) is 25.3 Å². The minimum absolute atomic E-state index is 0.00270. The van der Waals surface area contributed by atoms with Gasteiger partial charge in [0.15, 0.2) is 0 Å². The molecular formula is C15H22N4O3. The fourth-order valence-corrected chi connectivity index (χ4v) is 2.64. The maximum absolute atomic E-state index is 11.8. The molecule has 0 spiro atoms. The van der Waals surface area contributed by atoms with Crippen LogP contribution in [0, 0.1) is 23.0 Å². The number of nitro groups is 1. The zero-order chi connectivity index (χ0) is 16.3. The van der Waals surface area contributed by atoms with Gasteiger partial charge in [-0.25, -0.2) is 4.98 Å². The van der Waals surface area contributed by atoms with Crippen molar-refractivity contribution in [3.8, 4) is 0 Å². The summed E-state index contributed by atoms with van der Waals surface area (Å²) in [6, 6.07) is 1.64. The lowest BCUT2D eigenvalue weighted by Crippen LogP contribution is -2.49. The highest BCUT2D eigenvalue weighted by molar-refractivity contribution is 5.78. The van der Waals surface area contributed by atoms with Crippen molar-refractivity contribution in [2.45, 2.75) is 39.7 Å². The maximum atomic E-state index is 11.8. The van der Waals surface area contributed by atoms with Crippen LogP contribution in [-0.4, -0.2) is 34.9 Å². The molecule has 0 radical (unpaired) electrons. The number of anilines is 1. The van der Waals surface area contributed by atoms with E-state index >= 15 is 0 Å². The van der Waals surface area contributed by atoms with Crippen molar-refractivity contribution < 1.29 is 9.72 Å². The van der Waals surface area contributed by atoms with Crippen molar-refractivity contribution in [1.82, 2.24) is 10.3 Å². The van der Waals surface area contributed by atoms with E-state index in [9.17, 15) is 14.9 Å². The Morgan fingerprint density at radius 3 is 2.86 bits per heavy atom. The third-order valence-corrected chi connectivity index (χ3v) is 3.84. The topological polar surface area (TPSA) is 88.4 Å². The van der Waals surface area contributed by atoms with Crippen LogP contribution < -0.4 is 10.2 Å². The molecule has 1 N–H and O–H groups in total. The molecule has 22 heavy (non-hydrogen) atoms. The van der Waals surface area contributed by atoms with Gasteiger partial charge in [0, 0.05) is 31.1 Å². The summed E-state index contributed by atoms with van der Waals surface area (Å²) in [7, 11) is 0. The predicted octanol–water partition coefficient (Wildman–Crippen LogP) is 2.04. The first kappa shape index (κ1) is 16.2. The molecule has 1 aromatic rings. The minimum atomic E-state index is -0.439. The number of pyridine rings is 1. The molecule has 7 heteroatoms. The van der Waals surface area contributed by atoms with Gasteiger partial charge < -0.3 is 10.2 Å². The number of amides is 1. The van der Waals surface area contributed by atoms with Gasteiger partial charge in [0.25, 0.3) is 5.69 Å². The molecule has 1 aliphatic rings. The van der Waals surface area contributed by atoms with Crippen molar-refractivity contribution in [2.24, 2.45) is 5.92 Å². The lowest BCUT2D eigenvalue weighted by atomic mass is 10.0. The highest BCUT2D eigenvalue weighted by Crippen LogP contribution is 2.24. The Morgan fingerprint density at radius 2 is 2.27 bits per heavy atom. The second-order valence-corrected chi connectivity index (χ2v) is 6.04. The SMILES string of the molecule is Cc1cc([N+](=O)[O-])cnc1N1CCCC(NC(=O)C(C)C)C1. The molecular weight excluding hydrogens is 284 g/mol. The lowest BCUT2D eigenvalue weighted by molar-refractivity contribution is -0.385. The van der Waals surface area contributed by atoms with Crippen molar-refractivity contribution in [3.05, 3.63) is 27.9 Å². The Balaban J connectivity index is 2.09. The first-order chi connectivity index (χ1) is 10.4. The number of hydrogen-bond donors (Lipinski definition) is 1. The Morgan fingerprint density at radius 1 is 1.55 bits per heavy atom. The molecule has 0 aliphatic carbocycles. The second kappa shape index (κ2) is 6.72. The number of piperidine rings is 1. The zero-order valence-electron chi connectivity index (χ0n) is 13.2. The molecule has 2 heterocycles. The van der Waals surface area contributed by atoms with Crippen LogP contribution in [0.25, 0.3) is 0 Å². The van der Waals surface area contributed by atoms with Gasteiger partial charge in [-0.15, -0.1) is 0 Å². The molecule has 1 aliphatic heterocycles. The summed E-state index contributed by atoms with van der Waals surface area (Å²) in [5, 5.41) is 13.8. The fraction of sp³-hybridized carbons (Fsp3) is 0.600. The van der Waals surface area contributed by atoms with Crippen molar-refractivity contribution in [2.75, 3.05) is 18.0 Å². The van der Waals surface area contributed by atoms with Crippen molar-refractivity contribution in [1.29, 1.82) is 0 Å². The van der Waals surface area contributed by atoms with Gasteiger partial charge >= 0.3 is 0 Å². The standard InChI is InChI=1S/C15H22N4O3/c1-10(2)15(20)17-12-5-4-6-18(9-12)14-11(3)7-13(8-16-14)19(21)22/h7-8,10,12H,4-6,9H2,1-3H3,(H,17,20). The van der Waals surface area contributed by atoms with Crippen molar-refractivity contribution in [3.63, 3.8) is 0 Å². The summed E-state index contributed by atoms with van der Waals surface area (Å²) in [5.74, 6) is 0.781. The van der Waals surface area contributed by atoms with E-state index in [1.54, 1.807) is 6.07 Å². The molecule has 2 rings (SSSR count). The van der Waals surface area contributed by atoms with Crippen LogP contribution in [0.3, 0.4) is 0 Å². The van der Waals surface area contributed by atoms with Crippen LogP contribution in [0.2, 0.25) is 0 Å². The Labute approximate surface area is 129 Å². The Bertz CT molecular complexity index is 574. The molecule has 7 nitrogen and oxygen atoms in total. The molecule has 0 aromatic carbocycles. The van der Waals surface area contributed by atoms with Crippen LogP contribution >= 0.6 is 0 Å². The smallest absolute Gasteiger partial charge is 0.287 e. The van der Waals surface area contributed by atoms with E-state index in [0.29, 0.717) is 6.54 Å². The fourth-order valence-electron chi connectivity index (χ4n) is 2.64. The molecule has 1 unspecified atom stereocenters. The predicted molar refractivity (Wildman–Crippen MR) is 83.8 cm³/mol. The number of carbonyl (C=O) groups is 1. The van der Waals surface area contributed by atoms with E-state index in [1.165, 1.54) is 6.20 Å². The van der Waals surface area contributed by atoms with E-state index in [1.807, 2.05) is 20.8 Å². The Hall–Kier alpha value is -2.18. The summed E-state index contributed by atoms with van der Waals surface area (Å²) in [4.78, 5) is 28.5. The number of carbonyl (C=O) groups excluding carboxylic acids is 1. The first-order valence-electron chi connectivity index (χ1n) is 7.55. The second-order valence-electron chi connectivity index (χ2n) is 6.04. The molecule has 0 saturated carbocycles. The summed E-state index contributed by atoms with van der Waals surface area (Å²) >= 11 is 0. The number of hydrogen-bond acceptors (Lipinski definition) is 5. The highest BCUT2D eigenvalue weighted by Gasteiger charge is 2.24. The first-order valence-corrected chi connectivity index (χ1v) is 7.55. The van der Waals surface area contributed by atoms with Gasteiger partial charge in [-0.2, -0.15) is 0 Å². The summed E-state index contributed by atoms with van der Waals surface area (Å²) in [5.41, 5.74) is 0.785. The number of aromatic nitrogens is 1. The van der Waals surface area contributed by atoms with Gasteiger partial charge in [-0.1, -0.05) is 13.8 Å². The number of nitrogens with one attached hydrogen (secondary N) is 1. The highest BCUT2D eigenvalue weighted by atomic mass is 16.6. The molecule has 1 saturated heterocycles. The molecule has 0 bridgehead atoms. The summed E-state index contributed by atoms with van der Waals surface area (Å²) < 4.78 is 0. The molecule has 120 valence electrons. The number of rotatable bonds is 4. The van der Waals surface area contributed by atoms with Gasteiger partial charge in [0.1, 0.15) is 12.0 Å². The van der Waals surface area contributed by atoms with Crippen LogP contribution in [-0.2, 0) is 4.79 Å². The van der Waals surface area contributed by atoms with E-state index in [-0.39, 0.29) is 23.6 Å². The van der Waals surface area contributed by atoms with Crippen LogP contribution in [0.1, 0.15) is 32.3 Å². The third-order valence-electron chi connectivity index (χ3n) is 3.84. The van der Waals surface area contributed by atoms with Gasteiger partial charge in [-0.3, -0.25) is 14.9 Å². The lowest BCUT2D eigenvalue weighted by Gasteiger charge is -2.35. The maximum Gasteiger partial charge on any atom is 0.287 e. The summed E-state index contributed by atoms with van der Waals surface area (Å²) in [6.45, 7) is 7.10. The largest absolute Gasteiger partial charge is 0.354 e. The molecule has 1 atom stereocenters. The Kier molecular flexibility index (Phi) is 4.95. The molecule has 1 amide bonds. The van der Waals surface area contributed by atoms with Gasteiger partial charge in [0.05, 0.1) is 4.92 Å². The average Bonchev–Trinajstić information content (AvgIpc) is 2.47. The van der Waals surface area contributed by atoms with E-state index in [2.05, 4.69) is 15.2 Å². The van der Waals surface area contributed by atoms with Crippen LogP contribution in [0.5, 0.6) is 0 Å². The van der Waals surface area contributed by atoms with E-state index in [0.717, 1.165) is 30.8 Å². The van der Waals surface area contributed by atoms with Crippen LogP contribution in [0.4, 0.5) is 11.5 Å². The van der Waals surface area contributed by atoms with Gasteiger partial charge in [0.2, 0.25) is 5.91 Å². The normalized spacial score (nSPS) is 18.4. The van der Waals surface area contributed by atoms with Crippen LogP contribution in [0.15, 0.2) is 12.3 Å². The molecule has 1 aromatic heterocycles. The quantitative estimate of drug-likeness (QED) is 0.679. The minimum Gasteiger partial charge on any atom is -0.354 e. The van der Waals surface area contributed by atoms with E-state index in [4.69, 9.17) is 0 Å². The van der Waals surface area contributed by atoms with E-state index < -0.39 is 4.92 Å². The summed E-state index contributed by atoms with van der Waals surface area (Å²) in [6.07, 6.45) is 3.20. The van der Waals surface area contributed by atoms with Crippen molar-refractivity contribution >= 4 is 17.4 Å². The average molecular weight is 306 g/mol.